The molecule has 0 radical (unpaired) electrons. The lowest BCUT2D eigenvalue weighted by Gasteiger charge is -2.33. The van der Waals surface area contributed by atoms with Crippen molar-refractivity contribution in [2.75, 3.05) is 27.4 Å². The van der Waals surface area contributed by atoms with Crippen LogP contribution in [0.1, 0.15) is 56.2 Å². The number of nitrogens with zero attached hydrogens (tertiary/aromatic N) is 2. The van der Waals surface area contributed by atoms with Crippen molar-refractivity contribution < 1.29 is 19.1 Å². The van der Waals surface area contributed by atoms with E-state index in [1.807, 2.05) is 43.3 Å². The van der Waals surface area contributed by atoms with E-state index < -0.39 is 5.54 Å². The van der Waals surface area contributed by atoms with Gasteiger partial charge in [0.1, 0.15) is 17.0 Å². The number of carbonyl (C=O) groups excluding carboxylic acids is 2. The zero-order valence-electron chi connectivity index (χ0n) is 20.4. The molecule has 0 aliphatic carbocycles. The molecule has 2 aliphatic heterocycles. The number of amides is 3. The second kappa shape index (κ2) is 10.5. The van der Waals surface area contributed by atoms with Crippen molar-refractivity contribution in [3.05, 3.63) is 59.7 Å². The van der Waals surface area contributed by atoms with Crippen molar-refractivity contribution in [1.82, 2.24) is 15.1 Å². The van der Waals surface area contributed by atoms with Gasteiger partial charge in [-0.1, -0.05) is 37.1 Å². The molecule has 34 heavy (non-hydrogen) atoms. The van der Waals surface area contributed by atoms with Crippen LogP contribution < -0.4 is 14.8 Å². The van der Waals surface area contributed by atoms with Gasteiger partial charge in [-0.05, 0) is 68.0 Å². The molecule has 4 rings (SSSR count). The molecule has 2 heterocycles. The summed E-state index contributed by atoms with van der Waals surface area (Å²) in [6.45, 7) is 3.00. The first-order valence-corrected chi connectivity index (χ1v) is 12.1. The Labute approximate surface area is 202 Å². The van der Waals surface area contributed by atoms with E-state index in [0.29, 0.717) is 19.5 Å². The van der Waals surface area contributed by atoms with E-state index >= 15 is 0 Å². The summed E-state index contributed by atoms with van der Waals surface area (Å²) in [6.07, 6.45) is 5.59. The summed E-state index contributed by atoms with van der Waals surface area (Å²) in [7, 11) is 3.30. The van der Waals surface area contributed by atoms with E-state index in [0.717, 1.165) is 49.3 Å². The first kappa shape index (κ1) is 24.1. The highest BCUT2D eigenvalue weighted by Gasteiger charge is 2.48. The molecule has 2 aromatic carbocycles. The lowest BCUT2D eigenvalue weighted by atomic mass is 9.93. The molecule has 0 aromatic heterocycles. The van der Waals surface area contributed by atoms with Gasteiger partial charge < -0.3 is 14.8 Å². The van der Waals surface area contributed by atoms with Crippen molar-refractivity contribution in [2.45, 2.75) is 57.0 Å². The van der Waals surface area contributed by atoms with Gasteiger partial charge in [-0.2, -0.15) is 0 Å². The van der Waals surface area contributed by atoms with Crippen LogP contribution in [0.15, 0.2) is 48.5 Å². The molecule has 7 nitrogen and oxygen atoms in total. The minimum Gasteiger partial charge on any atom is -0.497 e. The van der Waals surface area contributed by atoms with Gasteiger partial charge in [0, 0.05) is 12.6 Å². The predicted molar refractivity (Wildman–Crippen MR) is 131 cm³/mol. The third kappa shape index (κ3) is 5.20. The molecule has 1 N–H and O–H groups in total. The summed E-state index contributed by atoms with van der Waals surface area (Å²) in [5, 5.41) is 2.97. The monoisotopic (exact) mass is 465 g/mol. The van der Waals surface area contributed by atoms with Crippen molar-refractivity contribution in [2.24, 2.45) is 0 Å². The summed E-state index contributed by atoms with van der Waals surface area (Å²) in [6, 6.07) is 15.8. The predicted octanol–water partition coefficient (Wildman–Crippen LogP) is 4.52. The van der Waals surface area contributed by atoms with E-state index in [4.69, 9.17) is 9.47 Å². The fourth-order valence-electron chi connectivity index (χ4n) is 4.95. The molecule has 0 unspecified atom stereocenters. The lowest BCUT2D eigenvalue weighted by Crippen LogP contribution is -2.46. The molecule has 2 fully saturated rings. The fraction of sp³-hybridized carbons (Fsp3) is 0.481. The number of nitrogens with one attached hydrogen (secondary N) is 1. The maximum absolute atomic E-state index is 13.4. The normalized spacial score (nSPS) is 23.5. The van der Waals surface area contributed by atoms with Crippen LogP contribution in [0.4, 0.5) is 4.79 Å². The summed E-state index contributed by atoms with van der Waals surface area (Å²) in [5.41, 5.74) is 1.39. The Hall–Kier alpha value is -3.06. The second-order valence-electron chi connectivity index (χ2n) is 9.44. The zero-order chi connectivity index (χ0) is 24.1. The summed E-state index contributed by atoms with van der Waals surface area (Å²) in [4.78, 5) is 30.0. The number of carbonyl (C=O) groups is 2. The summed E-state index contributed by atoms with van der Waals surface area (Å²) < 4.78 is 10.5. The quantitative estimate of drug-likeness (QED) is 0.581. The standard InChI is InChI=1S/C27H35N3O4/c1-27(17-16-20-8-12-22(33-2)13-9-20)25(31)30(26(32)28-27)19-29-18-6-4-5-7-24(29)21-10-14-23(34-3)15-11-21/h8-15,24H,4-7,16-19H2,1-3H3,(H,28,32)/t24-,27-/m0/s1. The van der Waals surface area contributed by atoms with Gasteiger partial charge in [-0.25, -0.2) is 9.69 Å². The number of rotatable bonds is 8. The second-order valence-corrected chi connectivity index (χ2v) is 9.44. The molecule has 3 amide bonds. The highest BCUT2D eigenvalue weighted by molar-refractivity contribution is 6.06. The smallest absolute Gasteiger partial charge is 0.326 e. The number of urea groups is 1. The van der Waals surface area contributed by atoms with E-state index in [-0.39, 0.29) is 18.0 Å². The molecule has 7 heteroatoms. The molecule has 0 spiro atoms. The Bertz CT molecular complexity index is 992. The number of hydrogen-bond acceptors (Lipinski definition) is 5. The van der Waals surface area contributed by atoms with Gasteiger partial charge in [0.15, 0.2) is 0 Å². The van der Waals surface area contributed by atoms with Crippen LogP contribution in [0.25, 0.3) is 0 Å². The molecular weight excluding hydrogens is 430 g/mol. The van der Waals surface area contributed by atoms with Crippen LogP contribution in [-0.4, -0.2) is 54.7 Å². The van der Waals surface area contributed by atoms with Crippen molar-refractivity contribution in [1.29, 1.82) is 0 Å². The molecule has 2 aromatic rings. The molecule has 2 aliphatic rings. The first-order valence-electron chi connectivity index (χ1n) is 12.1. The van der Waals surface area contributed by atoms with E-state index in [1.54, 1.807) is 14.2 Å². The number of aryl methyl sites for hydroxylation is 1. The third-order valence-corrected chi connectivity index (χ3v) is 7.11. The number of methoxy groups -OCH3 is 2. The Morgan fingerprint density at radius 2 is 1.59 bits per heavy atom. The van der Waals surface area contributed by atoms with Crippen LogP contribution in [0.5, 0.6) is 11.5 Å². The topological polar surface area (TPSA) is 71.1 Å². The Morgan fingerprint density at radius 1 is 0.941 bits per heavy atom. The minimum atomic E-state index is -0.904. The number of likely N-dealkylation sites (tertiary alicyclic amines) is 1. The van der Waals surface area contributed by atoms with E-state index in [1.165, 1.54) is 10.5 Å². The van der Waals surface area contributed by atoms with Crippen LogP contribution in [0.3, 0.4) is 0 Å². The number of ether oxygens (including phenoxy) is 2. The maximum Gasteiger partial charge on any atom is 0.326 e. The molecule has 2 saturated heterocycles. The minimum absolute atomic E-state index is 0.149. The molecule has 2 atom stereocenters. The van der Waals surface area contributed by atoms with Gasteiger partial charge in [-0.15, -0.1) is 0 Å². The van der Waals surface area contributed by atoms with Crippen LogP contribution >= 0.6 is 0 Å². The number of benzene rings is 2. The van der Waals surface area contributed by atoms with Crippen LogP contribution in [0, 0.1) is 0 Å². The molecular formula is C27H35N3O4. The average Bonchev–Trinajstić information content (AvgIpc) is 3.01. The third-order valence-electron chi connectivity index (χ3n) is 7.11. The fourth-order valence-corrected chi connectivity index (χ4v) is 4.95. The number of imide groups is 1. The van der Waals surface area contributed by atoms with E-state index in [2.05, 4.69) is 22.3 Å². The van der Waals surface area contributed by atoms with Gasteiger partial charge in [0.05, 0.1) is 20.9 Å². The SMILES string of the molecule is COc1ccc(CC[C@]2(C)NC(=O)N(CN3CCCCC[C@H]3c3ccc(OC)cc3)C2=O)cc1. The van der Waals surface area contributed by atoms with Gasteiger partial charge in [-0.3, -0.25) is 9.69 Å². The largest absolute Gasteiger partial charge is 0.497 e. The first-order chi connectivity index (χ1) is 16.4. The van der Waals surface area contributed by atoms with Crippen LogP contribution in [0.2, 0.25) is 0 Å². The van der Waals surface area contributed by atoms with Gasteiger partial charge in [0.25, 0.3) is 5.91 Å². The van der Waals surface area contributed by atoms with Gasteiger partial charge >= 0.3 is 6.03 Å². The summed E-state index contributed by atoms with van der Waals surface area (Å²) >= 11 is 0. The highest BCUT2D eigenvalue weighted by Crippen LogP contribution is 2.33. The number of hydrogen-bond donors (Lipinski definition) is 1. The zero-order valence-corrected chi connectivity index (χ0v) is 20.4. The molecule has 182 valence electrons. The lowest BCUT2D eigenvalue weighted by molar-refractivity contribution is -0.132. The van der Waals surface area contributed by atoms with Crippen LogP contribution in [-0.2, 0) is 11.2 Å². The Morgan fingerprint density at radius 3 is 2.24 bits per heavy atom. The van der Waals surface area contributed by atoms with Crippen molar-refractivity contribution in [3.8, 4) is 11.5 Å². The Balaban J connectivity index is 1.45. The average molecular weight is 466 g/mol. The van der Waals surface area contributed by atoms with Gasteiger partial charge in [0.2, 0.25) is 0 Å². The Kier molecular flexibility index (Phi) is 7.41. The maximum atomic E-state index is 13.4. The van der Waals surface area contributed by atoms with Crippen molar-refractivity contribution >= 4 is 11.9 Å². The van der Waals surface area contributed by atoms with E-state index in [9.17, 15) is 9.59 Å². The molecule has 0 bridgehead atoms. The highest BCUT2D eigenvalue weighted by atomic mass is 16.5. The van der Waals surface area contributed by atoms with Crippen molar-refractivity contribution in [3.63, 3.8) is 0 Å². The molecule has 0 saturated carbocycles. The summed E-state index contributed by atoms with van der Waals surface area (Å²) in [5.74, 6) is 1.48.